The molecule has 0 bridgehead atoms. The van der Waals surface area contributed by atoms with Gasteiger partial charge in [0.2, 0.25) is 0 Å². The standard InChI is InChI=1S/C13H16O3/c1-2-3-4-12(15)9-11-5-7-13(8-6-11)16-10-14/h5-8,10H,2-4,9H2,1H3. The molecule has 0 heterocycles. The van der Waals surface area contributed by atoms with Crippen LogP contribution < -0.4 is 4.74 Å². The quantitative estimate of drug-likeness (QED) is 0.663. The van der Waals surface area contributed by atoms with E-state index < -0.39 is 0 Å². The lowest BCUT2D eigenvalue weighted by atomic mass is 10.1. The first kappa shape index (κ1) is 12.4. The average Bonchev–Trinajstić information content (AvgIpc) is 2.29. The van der Waals surface area contributed by atoms with Crippen molar-refractivity contribution in [2.75, 3.05) is 0 Å². The van der Waals surface area contributed by atoms with Gasteiger partial charge in [0.1, 0.15) is 11.5 Å². The molecule has 0 aliphatic rings. The van der Waals surface area contributed by atoms with Crippen molar-refractivity contribution in [3.63, 3.8) is 0 Å². The Morgan fingerprint density at radius 2 is 2.00 bits per heavy atom. The number of hydrogen-bond donors (Lipinski definition) is 0. The molecule has 1 aromatic rings. The van der Waals surface area contributed by atoms with E-state index in [4.69, 9.17) is 0 Å². The monoisotopic (exact) mass is 220 g/mol. The summed E-state index contributed by atoms with van der Waals surface area (Å²) >= 11 is 0. The Balaban J connectivity index is 2.48. The molecule has 16 heavy (non-hydrogen) atoms. The zero-order valence-corrected chi connectivity index (χ0v) is 9.44. The van der Waals surface area contributed by atoms with E-state index in [1.807, 2.05) is 12.1 Å². The molecule has 0 radical (unpaired) electrons. The highest BCUT2D eigenvalue weighted by Gasteiger charge is 2.03. The van der Waals surface area contributed by atoms with Crippen LogP contribution in [0.4, 0.5) is 0 Å². The molecule has 0 saturated heterocycles. The third-order valence-electron chi connectivity index (χ3n) is 2.32. The zero-order valence-electron chi connectivity index (χ0n) is 9.44. The van der Waals surface area contributed by atoms with Crippen LogP contribution in [-0.4, -0.2) is 12.3 Å². The van der Waals surface area contributed by atoms with Gasteiger partial charge >= 0.3 is 0 Å². The van der Waals surface area contributed by atoms with Crippen LogP contribution in [0.2, 0.25) is 0 Å². The van der Waals surface area contributed by atoms with Gasteiger partial charge in [-0.15, -0.1) is 0 Å². The molecule has 0 N–H and O–H groups in total. The Bertz CT molecular complexity index is 341. The summed E-state index contributed by atoms with van der Waals surface area (Å²) in [4.78, 5) is 21.6. The predicted octanol–water partition coefficient (Wildman–Crippen LogP) is 2.52. The normalized spacial score (nSPS) is 9.81. The van der Waals surface area contributed by atoms with Gasteiger partial charge in [-0.2, -0.15) is 0 Å². The summed E-state index contributed by atoms with van der Waals surface area (Å²) in [7, 11) is 0. The van der Waals surface area contributed by atoms with Gasteiger partial charge in [0.15, 0.2) is 0 Å². The summed E-state index contributed by atoms with van der Waals surface area (Å²) in [5, 5.41) is 0. The molecular weight excluding hydrogens is 204 g/mol. The van der Waals surface area contributed by atoms with Gasteiger partial charge in [0.25, 0.3) is 6.47 Å². The Labute approximate surface area is 95.4 Å². The van der Waals surface area contributed by atoms with Crippen LogP contribution in [0.3, 0.4) is 0 Å². The number of rotatable bonds is 7. The first-order valence-electron chi connectivity index (χ1n) is 5.47. The fourth-order valence-electron chi connectivity index (χ4n) is 1.43. The van der Waals surface area contributed by atoms with Gasteiger partial charge in [0.05, 0.1) is 0 Å². The second kappa shape index (κ2) is 6.77. The fraction of sp³-hybridized carbons (Fsp3) is 0.385. The SMILES string of the molecule is CCCCC(=O)Cc1ccc(OC=O)cc1. The number of hydrogen-bond acceptors (Lipinski definition) is 3. The Morgan fingerprint density at radius 1 is 1.31 bits per heavy atom. The largest absolute Gasteiger partial charge is 0.429 e. The number of ketones is 1. The van der Waals surface area contributed by atoms with Gasteiger partial charge < -0.3 is 4.74 Å². The summed E-state index contributed by atoms with van der Waals surface area (Å²) < 4.78 is 4.67. The minimum absolute atomic E-state index is 0.255. The first-order valence-corrected chi connectivity index (χ1v) is 5.47. The van der Waals surface area contributed by atoms with Gasteiger partial charge in [-0.3, -0.25) is 9.59 Å². The summed E-state index contributed by atoms with van der Waals surface area (Å²) in [6.45, 7) is 2.46. The second-order valence-corrected chi connectivity index (χ2v) is 3.68. The van der Waals surface area contributed by atoms with Crippen molar-refractivity contribution < 1.29 is 14.3 Å². The number of carbonyl (C=O) groups excluding carboxylic acids is 2. The summed E-state index contributed by atoms with van der Waals surface area (Å²) in [6.07, 6.45) is 3.09. The summed E-state index contributed by atoms with van der Waals surface area (Å²) in [5.41, 5.74) is 0.958. The van der Waals surface area contributed by atoms with Crippen molar-refractivity contribution in [2.24, 2.45) is 0 Å². The molecular formula is C13H16O3. The Hall–Kier alpha value is -1.64. The lowest BCUT2D eigenvalue weighted by Crippen LogP contribution is -2.02. The van der Waals surface area contributed by atoms with E-state index in [2.05, 4.69) is 11.7 Å². The third kappa shape index (κ3) is 4.26. The molecule has 0 spiro atoms. The van der Waals surface area contributed by atoms with Gasteiger partial charge in [-0.05, 0) is 24.1 Å². The number of carbonyl (C=O) groups is 2. The van der Waals surface area contributed by atoms with Crippen molar-refractivity contribution in [2.45, 2.75) is 32.6 Å². The van der Waals surface area contributed by atoms with Crippen molar-refractivity contribution >= 4 is 12.3 Å². The maximum atomic E-state index is 11.5. The highest BCUT2D eigenvalue weighted by atomic mass is 16.5. The highest BCUT2D eigenvalue weighted by Crippen LogP contribution is 2.12. The van der Waals surface area contributed by atoms with E-state index in [0.29, 0.717) is 25.1 Å². The van der Waals surface area contributed by atoms with Gasteiger partial charge in [-0.1, -0.05) is 25.5 Å². The van der Waals surface area contributed by atoms with Crippen LogP contribution >= 0.6 is 0 Å². The number of ether oxygens (including phenoxy) is 1. The highest BCUT2D eigenvalue weighted by molar-refractivity contribution is 5.80. The molecule has 0 atom stereocenters. The predicted molar refractivity (Wildman–Crippen MR) is 61.4 cm³/mol. The summed E-state index contributed by atoms with van der Waals surface area (Å²) in [6, 6.07) is 7.00. The molecule has 0 aliphatic carbocycles. The lowest BCUT2D eigenvalue weighted by molar-refractivity contribution is -0.121. The first-order chi connectivity index (χ1) is 7.76. The minimum atomic E-state index is 0.255. The summed E-state index contributed by atoms with van der Waals surface area (Å²) in [5.74, 6) is 0.755. The molecule has 0 aromatic heterocycles. The van der Waals surface area contributed by atoms with Crippen molar-refractivity contribution in [3.05, 3.63) is 29.8 Å². The smallest absolute Gasteiger partial charge is 0.298 e. The van der Waals surface area contributed by atoms with Crippen LogP contribution in [0.5, 0.6) is 5.75 Å². The van der Waals surface area contributed by atoms with E-state index in [0.717, 1.165) is 18.4 Å². The Kier molecular flexibility index (Phi) is 5.26. The molecule has 0 fully saturated rings. The van der Waals surface area contributed by atoms with E-state index in [1.165, 1.54) is 0 Å². The van der Waals surface area contributed by atoms with Crippen molar-refractivity contribution in [1.82, 2.24) is 0 Å². The number of Topliss-reactive ketones (excluding diaryl/α,β-unsaturated/α-hetero) is 1. The van der Waals surface area contributed by atoms with E-state index >= 15 is 0 Å². The molecule has 3 heteroatoms. The van der Waals surface area contributed by atoms with E-state index in [1.54, 1.807) is 12.1 Å². The lowest BCUT2D eigenvalue weighted by Gasteiger charge is -2.02. The van der Waals surface area contributed by atoms with Crippen molar-refractivity contribution in [1.29, 1.82) is 0 Å². The molecule has 0 aliphatic heterocycles. The van der Waals surface area contributed by atoms with E-state index in [9.17, 15) is 9.59 Å². The Morgan fingerprint density at radius 3 is 2.56 bits per heavy atom. The van der Waals surface area contributed by atoms with Crippen LogP contribution in [0.15, 0.2) is 24.3 Å². The minimum Gasteiger partial charge on any atom is -0.429 e. The van der Waals surface area contributed by atoms with E-state index in [-0.39, 0.29) is 5.78 Å². The second-order valence-electron chi connectivity index (χ2n) is 3.68. The molecule has 3 nitrogen and oxygen atoms in total. The van der Waals surface area contributed by atoms with Crippen LogP contribution in [0.1, 0.15) is 31.7 Å². The fourth-order valence-corrected chi connectivity index (χ4v) is 1.43. The van der Waals surface area contributed by atoms with Crippen molar-refractivity contribution in [3.8, 4) is 5.75 Å². The van der Waals surface area contributed by atoms with Gasteiger partial charge in [-0.25, -0.2) is 0 Å². The number of unbranched alkanes of at least 4 members (excludes halogenated alkanes) is 1. The molecule has 0 unspecified atom stereocenters. The third-order valence-corrected chi connectivity index (χ3v) is 2.32. The number of benzene rings is 1. The molecule has 0 amide bonds. The maximum absolute atomic E-state index is 11.5. The zero-order chi connectivity index (χ0) is 11.8. The van der Waals surface area contributed by atoms with Crippen LogP contribution in [0, 0.1) is 0 Å². The molecule has 0 saturated carbocycles. The topological polar surface area (TPSA) is 43.4 Å². The molecule has 1 rings (SSSR count). The van der Waals surface area contributed by atoms with Crippen LogP contribution in [0.25, 0.3) is 0 Å². The maximum Gasteiger partial charge on any atom is 0.298 e. The van der Waals surface area contributed by atoms with Crippen LogP contribution in [-0.2, 0) is 16.0 Å². The molecule has 86 valence electrons. The molecule has 1 aromatic carbocycles. The average molecular weight is 220 g/mol. The van der Waals surface area contributed by atoms with Gasteiger partial charge in [0, 0.05) is 12.8 Å².